The summed E-state index contributed by atoms with van der Waals surface area (Å²) in [5, 5.41) is 0. The second-order valence-corrected chi connectivity index (χ2v) is 3.97. The Morgan fingerprint density at radius 3 is 2.50 bits per heavy atom. The van der Waals surface area contributed by atoms with Gasteiger partial charge in [0.25, 0.3) is 0 Å². The fourth-order valence-corrected chi connectivity index (χ4v) is 1.79. The predicted octanol–water partition coefficient (Wildman–Crippen LogP) is 2.35. The molecular weight excluding hydrogens is 202 g/mol. The van der Waals surface area contributed by atoms with Gasteiger partial charge in [0, 0.05) is 7.11 Å². The second-order valence-electron chi connectivity index (χ2n) is 3.97. The highest BCUT2D eigenvalue weighted by atomic mass is 16.5. The molecule has 0 bridgehead atoms. The Morgan fingerprint density at radius 1 is 1.25 bits per heavy atom. The third-order valence-electron chi connectivity index (χ3n) is 2.61. The van der Waals surface area contributed by atoms with Gasteiger partial charge in [-0.05, 0) is 43.5 Å². The maximum absolute atomic E-state index is 6.03. The van der Waals surface area contributed by atoms with E-state index in [4.69, 9.17) is 15.2 Å². The van der Waals surface area contributed by atoms with Crippen molar-refractivity contribution in [2.45, 2.75) is 26.8 Å². The van der Waals surface area contributed by atoms with Crippen molar-refractivity contribution >= 4 is 0 Å². The summed E-state index contributed by atoms with van der Waals surface area (Å²) >= 11 is 0. The van der Waals surface area contributed by atoms with Crippen LogP contribution < -0.4 is 10.5 Å². The van der Waals surface area contributed by atoms with Crippen molar-refractivity contribution in [3.05, 3.63) is 28.8 Å². The van der Waals surface area contributed by atoms with Crippen molar-refractivity contribution in [1.29, 1.82) is 0 Å². The summed E-state index contributed by atoms with van der Waals surface area (Å²) in [6, 6.07) is 4.06. The molecule has 90 valence electrons. The van der Waals surface area contributed by atoms with Gasteiger partial charge in [0.15, 0.2) is 0 Å². The van der Waals surface area contributed by atoms with E-state index in [9.17, 15) is 0 Å². The van der Waals surface area contributed by atoms with Crippen LogP contribution in [-0.4, -0.2) is 20.3 Å². The highest BCUT2D eigenvalue weighted by Crippen LogP contribution is 2.26. The van der Waals surface area contributed by atoms with Crippen LogP contribution in [0.15, 0.2) is 12.1 Å². The summed E-state index contributed by atoms with van der Waals surface area (Å²) in [6.07, 6.45) is 0. The van der Waals surface area contributed by atoms with E-state index in [1.54, 1.807) is 7.11 Å². The number of benzene rings is 1. The quantitative estimate of drug-likeness (QED) is 0.833. The second kappa shape index (κ2) is 5.87. The lowest BCUT2D eigenvalue weighted by Gasteiger charge is -2.17. The van der Waals surface area contributed by atoms with Gasteiger partial charge in [0.1, 0.15) is 5.75 Å². The molecule has 3 heteroatoms. The van der Waals surface area contributed by atoms with E-state index in [2.05, 4.69) is 6.07 Å². The van der Waals surface area contributed by atoms with Gasteiger partial charge in [-0.15, -0.1) is 0 Å². The molecule has 0 heterocycles. The van der Waals surface area contributed by atoms with E-state index in [1.807, 2.05) is 26.8 Å². The normalized spacial score (nSPS) is 12.6. The Hall–Kier alpha value is -1.06. The van der Waals surface area contributed by atoms with Crippen molar-refractivity contribution in [2.75, 3.05) is 20.3 Å². The topological polar surface area (TPSA) is 44.5 Å². The summed E-state index contributed by atoms with van der Waals surface area (Å²) in [6.45, 7) is 7.29. The molecule has 1 atom stereocenters. The lowest BCUT2D eigenvalue weighted by Crippen LogP contribution is -2.17. The third kappa shape index (κ3) is 2.97. The monoisotopic (exact) mass is 223 g/mol. The number of hydrogen-bond donors (Lipinski definition) is 1. The molecule has 1 unspecified atom stereocenters. The molecule has 0 saturated carbocycles. The lowest BCUT2D eigenvalue weighted by molar-refractivity contribution is 0.180. The average Bonchev–Trinajstić information content (AvgIpc) is 2.23. The van der Waals surface area contributed by atoms with Crippen LogP contribution in [0.4, 0.5) is 0 Å². The summed E-state index contributed by atoms with van der Waals surface area (Å²) in [4.78, 5) is 0. The number of ether oxygens (including phenoxy) is 2. The van der Waals surface area contributed by atoms with Crippen LogP contribution in [0.5, 0.6) is 5.75 Å². The van der Waals surface area contributed by atoms with Gasteiger partial charge in [0.2, 0.25) is 0 Å². The molecule has 3 nitrogen and oxygen atoms in total. The van der Waals surface area contributed by atoms with E-state index in [0.29, 0.717) is 13.2 Å². The van der Waals surface area contributed by atoms with E-state index in [-0.39, 0.29) is 6.04 Å². The first-order valence-corrected chi connectivity index (χ1v) is 5.58. The van der Waals surface area contributed by atoms with E-state index in [1.165, 1.54) is 0 Å². The van der Waals surface area contributed by atoms with E-state index >= 15 is 0 Å². The Bertz CT molecular complexity index is 350. The summed E-state index contributed by atoms with van der Waals surface area (Å²) in [7, 11) is 1.66. The molecular formula is C13H21NO2. The largest absolute Gasteiger partial charge is 0.494 e. The van der Waals surface area contributed by atoms with Crippen LogP contribution in [0.2, 0.25) is 0 Å². The zero-order valence-electron chi connectivity index (χ0n) is 10.5. The third-order valence-corrected chi connectivity index (χ3v) is 2.61. The van der Waals surface area contributed by atoms with Gasteiger partial charge < -0.3 is 15.2 Å². The van der Waals surface area contributed by atoms with E-state index < -0.39 is 0 Å². The first kappa shape index (κ1) is 13.0. The van der Waals surface area contributed by atoms with Crippen molar-refractivity contribution in [3.63, 3.8) is 0 Å². The molecule has 1 aromatic rings. The molecule has 0 aromatic heterocycles. The van der Waals surface area contributed by atoms with Crippen LogP contribution >= 0.6 is 0 Å². The van der Waals surface area contributed by atoms with Crippen LogP contribution in [0.1, 0.15) is 29.7 Å². The Balaban J connectivity index is 3.00. The fraction of sp³-hybridized carbons (Fsp3) is 0.538. The smallest absolute Gasteiger partial charge is 0.122 e. The average molecular weight is 223 g/mol. The van der Waals surface area contributed by atoms with Crippen LogP contribution in [0.3, 0.4) is 0 Å². The van der Waals surface area contributed by atoms with Crippen molar-refractivity contribution in [1.82, 2.24) is 0 Å². The number of rotatable bonds is 5. The number of hydrogen-bond acceptors (Lipinski definition) is 3. The zero-order valence-corrected chi connectivity index (χ0v) is 10.5. The Labute approximate surface area is 97.6 Å². The van der Waals surface area contributed by atoms with Gasteiger partial charge in [-0.25, -0.2) is 0 Å². The minimum absolute atomic E-state index is 0.0700. The highest BCUT2D eigenvalue weighted by Gasteiger charge is 2.11. The molecule has 0 spiro atoms. The minimum atomic E-state index is -0.0700. The molecule has 0 radical (unpaired) electrons. The molecule has 1 rings (SSSR count). The zero-order chi connectivity index (χ0) is 12.1. The molecule has 0 saturated heterocycles. The van der Waals surface area contributed by atoms with Gasteiger partial charge in [-0.3, -0.25) is 0 Å². The van der Waals surface area contributed by atoms with Crippen molar-refractivity contribution in [3.8, 4) is 5.75 Å². The molecule has 0 aliphatic heterocycles. The maximum Gasteiger partial charge on any atom is 0.122 e. The first-order chi connectivity index (χ1) is 7.60. The SMILES string of the molecule is CCOc1cc(C)c(C(N)COC)cc1C. The summed E-state index contributed by atoms with van der Waals surface area (Å²) in [5.41, 5.74) is 9.43. The fourth-order valence-electron chi connectivity index (χ4n) is 1.79. The van der Waals surface area contributed by atoms with Crippen LogP contribution in [-0.2, 0) is 4.74 Å². The molecule has 0 aliphatic carbocycles. The minimum Gasteiger partial charge on any atom is -0.494 e. The summed E-state index contributed by atoms with van der Waals surface area (Å²) < 4.78 is 10.6. The number of nitrogens with two attached hydrogens (primary N) is 1. The molecule has 2 N–H and O–H groups in total. The van der Waals surface area contributed by atoms with Gasteiger partial charge in [0.05, 0.1) is 19.3 Å². The molecule has 1 aromatic carbocycles. The summed E-state index contributed by atoms with van der Waals surface area (Å²) in [5.74, 6) is 0.938. The number of aryl methyl sites for hydroxylation is 2. The molecule has 0 fully saturated rings. The number of methoxy groups -OCH3 is 1. The molecule has 0 amide bonds. The molecule has 16 heavy (non-hydrogen) atoms. The standard InChI is InChI=1S/C13H21NO2/c1-5-16-13-7-9(2)11(6-10(13)3)12(14)8-15-4/h6-7,12H,5,8,14H2,1-4H3. The van der Waals surface area contributed by atoms with Crippen LogP contribution in [0, 0.1) is 13.8 Å². The predicted molar refractivity (Wildman–Crippen MR) is 65.9 cm³/mol. The maximum atomic E-state index is 6.03. The first-order valence-electron chi connectivity index (χ1n) is 5.58. The van der Waals surface area contributed by atoms with Gasteiger partial charge >= 0.3 is 0 Å². The molecule has 0 aliphatic rings. The Morgan fingerprint density at radius 2 is 1.94 bits per heavy atom. The van der Waals surface area contributed by atoms with Crippen molar-refractivity contribution < 1.29 is 9.47 Å². The van der Waals surface area contributed by atoms with Crippen molar-refractivity contribution in [2.24, 2.45) is 5.73 Å². The van der Waals surface area contributed by atoms with Gasteiger partial charge in [-0.1, -0.05) is 6.07 Å². The Kier molecular flexibility index (Phi) is 4.77. The van der Waals surface area contributed by atoms with Gasteiger partial charge in [-0.2, -0.15) is 0 Å². The highest BCUT2D eigenvalue weighted by molar-refractivity contribution is 5.42. The lowest BCUT2D eigenvalue weighted by atomic mass is 9.99. The van der Waals surface area contributed by atoms with E-state index in [0.717, 1.165) is 22.4 Å². The van der Waals surface area contributed by atoms with Crippen LogP contribution in [0.25, 0.3) is 0 Å².